The summed E-state index contributed by atoms with van der Waals surface area (Å²) in [4.78, 5) is 12.3. The van der Waals surface area contributed by atoms with Crippen LogP contribution in [0.4, 0.5) is 0 Å². The molecule has 1 fully saturated rings. The number of hydrogen-bond acceptors (Lipinski definition) is 3. The maximum Gasteiger partial charge on any atom is 0.251 e. The van der Waals surface area contributed by atoms with Gasteiger partial charge in [0.1, 0.15) is 13.2 Å². The standard InChI is InChI=1S/C16H21NO3/c1-11-4-2-3-5-13(11)17-16(18)12-6-7-14-15(10-12)20-9-8-19-14/h6-7,10-11,13H,2-5,8-9H2,1H3,(H,17,18)/t11-,13+/m0/s1. The predicted octanol–water partition coefficient (Wildman–Crippen LogP) is 2.77. The molecule has 108 valence electrons. The number of carbonyl (C=O) groups excluding carboxylic acids is 1. The number of hydrogen-bond donors (Lipinski definition) is 1. The average Bonchev–Trinajstić information content (AvgIpc) is 2.49. The van der Waals surface area contributed by atoms with Crippen LogP contribution in [-0.4, -0.2) is 25.2 Å². The maximum atomic E-state index is 12.3. The predicted molar refractivity (Wildman–Crippen MR) is 76.3 cm³/mol. The lowest BCUT2D eigenvalue weighted by Crippen LogP contribution is -2.41. The minimum Gasteiger partial charge on any atom is -0.486 e. The zero-order valence-electron chi connectivity index (χ0n) is 11.9. The monoisotopic (exact) mass is 275 g/mol. The van der Waals surface area contributed by atoms with Crippen molar-refractivity contribution in [2.75, 3.05) is 13.2 Å². The number of carbonyl (C=O) groups is 1. The Hall–Kier alpha value is -1.71. The average molecular weight is 275 g/mol. The van der Waals surface area contributed by atoms with Gasteiger partial charge in [-0.15, -0.1) is 0 Å². The Morgan fingerprint density at radius 2 is 1.90 bits per heavy atom. The Balaban J connectivity index is 1.70. The van der Waals surface area contributed by atoms with Crippen LogP contribution in [0, 0.1) is 5.92 Å². The van der Waals surface area contributed by atoms with Gasteiger partial charge in [-0.3, -0.25) is 4.79 Å². The van der Waals surface area contributed by atoms with Gasteiger partial charge in [0.15, 0.2) is 11.5 Å². The zero-order chi connectivity index (χ0) is 13.9. The Morgan fingerprint density at radius 3 is 2.70 bits per heavy atom. The number of benzene rings is 1. The van der Waals surface area contributed by atoms with Gasteiger partial charge in [0.2, 0.25) is 0 Å². The third-order valence-corrected chi connectivity index (χ3v) is 4.23. The van der Waals surface area contributed by atoms with Gasteiger partial charge < -0.3 is 14.8 Å². The van der Waals surface area contributed by atoms with Crippen molar-refractivity contribution in [1.29, 1.82) is 0 Å². The molecule has 1 amide bonds. The van der Waals surface area contributed by atoms with Crippen LogP contribution in [0.2, 0.25) is 0 Å². The van der Waals surface area contributed by atoms with E-state index in [0.29, 0.717) is 36.5 Å². The molecule has 1 aliphatic heterocycles. The molecule has 1 heterocycles. The highest BCUT2D eigenvalue weighted by molar-refractivity contribution is 5.95. The van der Waals surface area contributed by atoms with E-state index >= 15 is 0 Å². The lowest BCUT2D eigenvalue weighted by molar-refractivity contribution is 0.0909. The number of fused-ring (bicyclic) bond motifs is 1. The molecule has 4 nitrogen and oxygen atoms in total. The minimum absolute atomic E-state index is 0.0132. The van der Waals surface area contributed by atoms with Gasteiger partial charge in [-0.05, 0) is 37.0 Å². The third-order valence-electron chi connectivity index (χ3n) is 4.23. The van der Waals surface area contributed by atoms with Gasteiger partial charge in [-0.25, -0.2) is 0 Å². The first kappa shape index (κ1) is 13.3. The molecule has 2 atom stereocenters. The van der Waals surface area contributed by atoms with Crippen molar-refractivity contribution < 1.29 is 14.3 Å². The van der Waals surface area contributed by atoms with E-state index in [4.69, 9.17) is 9.47 Å². The molecule has 0 bridgehead atoms. The smallest absolute Gasteiger partial charge is 0.251 e. The quantitative estimate of drug-likeness (QED) is 0.902. The Bertz CT molecular complexity index is 500. The molecule has 0 radical (unpaired) electrons. The van der Waals surface area contributed by atoms with Crippen molar-refractivity contribution in [3.63, 3.8) is 0 Å². The lowest BCUT2D eigenvalue weighted by atomic mass is 9.86. The fraction of sp³-hybridized carbons (Fsp3) is 0.562. The van der Waals surface area contributed by atoms with Crippen LogP contribution >= 0.6 is 0 Å². The molecule has 1 N–H and O–H groups in total. The van der Waals surface area contributed by atoms with Crippen LogP contribution in [0.25, 0.3) is 0 Å². The number of nitrogens with one attached hydrogen (secondary N) is 1. The van der Waals surface area contributed by atoms with Crippen molar-refractivity contribution in [2.24, 2.45) is 5.92 Å². The van der Waals surface area contributed by atoms with Crippen molar-refractivity contribution in [3.8, 4) is 11.5 Å². The molecular formula is C16H21NO3. The molecule has 0 unspecified atom stereocenters. The van der Waals surface area contributed by atoms with E-state index in [2.05, 4.69) is 12.2 Å². The molecule has 1 aromatic carbocycles. The van der Waals surface area contributed by atoms with Crippen molar-refractivity contribution in [3.05, 3.63) is 23.8 Å². The molecule has 2 aliphatic rings. The molecule has 0 aromatic heterocycles. The number of amides is 1. The van der Waals surface area contributed by atoms with Crippen LogP contribution < -0.4 is 14.8 Å². The summed E-state index contributed by atoms with van der Waals surface area (Å²) >= 11 is 0. The maximum absolute atomic E-state index is 12.3. The van der Waals surface area contributed by atoms with Crippen LogP contribution in [0.3, 0.4) is 0 Å². The lowest BCUT2D eigenvalue weighted by Gasteiger charge is -2.29. The van der Waals surface area contributed by atoms with Crippen LogP contribution in [0.5, 0.6) is 11.5 Å². The molecule has 20 heavy (non-hydrogen) atoms. The van der Waals surface area contributed by atoms with Crippen LogP contribution in [-0.2, 0) is 0 Å². The van der Waals surface area contributed by atoms with E-state index in [1.165, 1.54) is 19.3 Å². The topological polar surface area (TPSA) is 47.6 Å². The second-order valence-corrected chi connectivity index (χ2v) is 5.70. The molecule has 3 rings (SSSR count). The van der Waals surface area contributed by atoms with E-state index in [1.807, 2.05) is 6.07 Å². The number of ether oxygens (including phenoxy) is 2. The summed E-state index contributed by atoms with van der Waals surface area (Å²) in [5.41, 5.74) is 0.645. The summed E-state index contributed by atoms with van der Waals surface area (Å²) in [6.45, 7) is 3.32. The van der Waals surface area contributed by atoms with E-state index in [1.54, 1.807) is 12.1 Å². The summed E-state index contributed by atoms with van der Waals surface area (Å²) in [6.07, 6.45) is 4.76. The first-order valence-electron chi connectivity index (χ1n) is 7.44. The summed E-state index contributed by atoms with van der Waals surface area (Å²) in [6, 6.07) is 5.69. The van der Waals surface area contributed by atoms with Gasteiger partial charge in [0, 0.05) is 11.6 Å². The van der Waals surface area contributed by atoms with E-state index in [9.17, 15) is 4.79 Å². The fourth-order valence-corrected chi connectivity index (χ4v) is 2.97. The highest BCUT2D eigenvalue weighted by Gasteiger charge is 2.24. The first-order chi connectivity index (χ1) is 9.74. The highest BCUT2D eigenvalue weighted by atomic mass is 16.6. The second kappa shape index (κ2) is 5.73. The first-order valence-corrected chi connectivity index (χ1v) is 7.44. The summed E-state index contributed by atoms with van der Waals surface area (Å²) in [5, 5.41) is 3.16. The molecule has 4 heteroatoms. The summed E-state index contributed by atoms with van der Waals surface area (Å²) in [5.74, 6) is 1.94. The number of rotatable bonds is 2. The molecule has 1 aliphatic carbocycles. The van der Waals surface area contributed by atoms with Crippen LogP contribution in [0.1, 0.15) is 43.0 Å². The molecule has 1 aromatic rings. The normalized spacial score (nSPS) is 25.1. The van der Waals surface area contributed by atoms with Gasteiger partial charge in [-0.1, -0.05) is 19.8 Å². The van der Waals surface area contributed by atoms with Gasteiger partial charge >= 0.3 is 0 Å². The second-order valence-electron chi connectivity index (χ2n) is 5.70. The summed E-state index contributed by atoms with van der Waals surface area (Å²) in [7, 11) is 0. The largest absolute Gasteiger partial charge is 0.486 e. The molecule has 0 saturated heterocycles. The molecule has 0 spiro atoms. The van der Waals surface area contributed by atoms with Crippen molar-refractivity contribution >= 4 is 5.91 Å². The Morgan fingerprint density at radius 1 is 1.15 bits per heavy atom. The molecular weight excluding hydrogens is 254 g/mol. The third kappa shape index (κ3) is 2.74. The van der Waals surface area contributed by atoms with Gasteiger partial charge in [0.25, 0.3) is 5.91 Å². The molecule has 1 saturated carbocycles. The fourth-order valence-electron chi connectivity index (χ4n) is 2.97. The van der Waals surface area contributed by atoms with Crippen molar-refractivity contribution in [2.45, 2.75) is 38.6 Å². The van der Waals surface area contributed by atoms with E-state index < -0.39 is 0 Å². The van der Waals surface area contributed by atoms with E-state index in [-0.39, 0.29) is 5.91 Å². The van der Waals surface area contributed by atoms with Gasteiger partial charge in [-0.2, -0.15) is 0 Å². The van der Waals surface area contributed by atoms with Crippen LogP contribution in [0.15, 0.2) is 18.2 Å². The highest BCUT2D eigenvalue weighted by Crippen LogP contribution is 2.31. The zero-order valence-corrected chi connectivity index (χ0v) is 11.9. The summed E-state index contributed by atoms with van der Waals surface area (Å²) < 4.78 is 11.0. The van der Waals surface area contributed by atoms with Crippen molar-refractivity contribution in [1.82, 2.24) is 5.32 Å². The minimum atomic E-state index is -0.0132. The SMILES string of the molecule is C[C@H]1CCCC[C@H]1NC(=O)c1ccc2c(c1)OCCO2. The van der Waals surface area contributed by atoms with E-state index in [0.717, 1.165) is 12.2 Å². The van der Waals surface area contributed by atoms with Gasteiger partial charge in [0.05, 0.1) is 0 Å². The Kier molecular flexibility index (Phi) is 3.81. The Labute approximate surface area is 119 Å².